The topological polar surface area (TPSA) is 58.2 Å². The van der Waals surface area contributed by atoms with Crippen LogP contribution in [-0.4, -0.2) is 24.4 Å². The third kappa shape index (κ3) is 3.71. The molecule has 0 heterocycles. The minimum absolute atomic E-state index is 0.0824. The number of rotatable bonds is 5. The molecule has 0 unspecified atom stereocenters. The first kappa shape index (κ1) is 16.0. The molecule has 2 fully saturated rings. The number of hydrogen-bond acceptors (Lipinski definition) is 2. The van der Waals surface area contributed by atoms with Gasteiger partial charge < -0.3 is 10.6 Å². The Morgan fingerprint density at radius 3 is 2.57 bits per heavy atom. The van der Waals surface area contributed by atoms with Gasteiger partial charge in [0, 0.05) is 11.6 Å². The normalized spacial score (nSPS) is 26.8. The van der Waals surface area contributed by atoms with Crippen molar-refractivity contribution >= 4 is 11.8 Å². The van der Waals surface area contributed by atoms with Crippen molar-refractivity contribution in [2.24, 2.45) is 17.8 Å². The van der Waals surface area contributed by atoms with Gasteiger partial charge in [0.1, 0.15) is 5.82 Å². The predicted octanol–water partition coefficient (Wildman–Crippen LogP) is 3.13. The van der Waals surface area contributed by atoms with E-state index in [0.29, 0.717) is 11.5 Å². The first-order chi connectivity index (χ1) is 11.0. The van der Waals surface area contributed by atoms with E-state index in [4.69, 9.17) is 0 Å². The van der Waals surface area contributed by atoms with E-state index in [1.54, 1.807) is 0 Å². The van der Waals surface area contributed by atoms with E-state index < -0.39 is 0 Å². The molecule has 0 aliphatic heterocycles. The van der Waals surface area contributed by atoms with Gasteiger partial charge >= 0.3 is 6.03 Å². The third-order valence-corrected chi connectivity index (χ3v) is 5.37. The van der Waals surface area contributed by atoms with Gasteiger partial charge in [0.25, 0.3) is 0 Å². The highest BCUT2D eigenvalue weighted by atomic mass is 19.1. The first-order valence-electron chi connectivity index (χ1n) is 8.36. The largest absolute Gasteiger partial charge is 0.335 e. The number of ketones is 1. The second-order valence-electron chi connectivity index (χ2n) is 6.88. The maximum absolute atomic E-state index is 12.8. The van der Waals surface area contributed by atoms with Crippen LogP contribution in [0.1, 0.15) is 43.0 Å². The van der Waals surface area contributed by atoms with Gasteiger partial charge in [-0.1, -0.05) is 6.42 Å². The van der Waals surface area contributed by atoms with Crippen LogP contribution in [-0.2, 0) is 0 Å². The third-order valence-electron chi connectivity index (χ3n) is 5.37. The summed E-state index contributed by atoms with van der Waals surface area (Å²) in [5.41, 5.74) is 0.396. The second kappa shape index (κ2) is 6.69. The summed E-state index contributed by atoms with van der Waals surface area (Å²) in [6.07, 6.45) is 5.14. The molecule has 0 aromatic heterocycles. The summed E-state index contributed by atoms with van der Waals surface area (Å²) in [6.45, 7) is 1.97. The van der Waals surface area contributed by atoms with E-state index in [2.05, 4.69) is 10.6 Å². The van der Waals surface area contributed by atoms with Crippen molar-refractivity contribution in [2.45, 2.75) is 38.6 Å². The van der Waals surface area contributed by atoms with Crippen LogP contribution in [0.15, 0.2) is 24.3 Å². The van der Waals surface area contributed by atoms with Gasteiger partial charge in [-0.2, -0.15) is 0 Å². The molecule has 23 heavy (non-hydrogen) atoms. The lowest BCUT2D eigenvalue weighted by molar-refractivity contribution is 0.0991. The molecule has 2 saturated carbocycles. The maximum atomic E-state index is 12.8. The summed E-state index contributed by atoms with van der Waals surface area (Å²) in [5.74, 6) is 1.54. The van der Waals surface area contributed by atoms with Crippen LogP contribution in [0, 0.1) is 23.6 Å². The van der Waals surface area contributed by atoms with E-state index >= 15 is 0 Å². The number of fused-ring (bicyclic) bond motifs is 2. The average Bonchev–Trinajstić information content (AvgIpc) is 3.16. The highest BCUT2D eigenvalue weighted by molar-refractivity contribution is 5.99. The summed E-state index contributed by atoms with van der Waals surface area (Å²) in [5, 5.41) is 5.56. The monoisotopic (exact) mass is 318 g/mol. The molecule has 124 valence electrons. The maximum Gasteiger partial charge on any atom is 0.315 e. The fourth-order valence-electron chi connectivity index (χ4n) is 4.17. The van der Waals surface area contributed by atoms with Gasteiger partial charge in [0.05, 0.1) is 6.54 Å². The Hall–Kier alpha value is -1.91. The number of halogens is 1. The van der Waals surface area contributed by atoms with Crippen LogP contribution < -0.4 is 10.6 Å². The van der Waals surface area contributed by atoms with Crippen LogP contribution >= 0.6 is 0 Å². The molecule has 0 radical (unpaired) electrons. The lowest BCUT2D eigenvalue weighted by Crippen LogP contribution is -2.46. The second-order valence-corrected chi connectivity index (χ2v) is 6.88. The lowest BCUT2D eigenvalue weighted by Gasteiger charge is -2.28. The Kier molecular flexibility index (Phi) is 4.64. The first-order valence-corrected chi connectivity index (χ1v) is 8.36. The molecular formula is C18H23FN2O2. The lowest BCUT2D eigenvalue weighted by atomic mass is 9.84. The number of hydrogen-bond donors (Lipinski definition) is 2. The molecule has 1 aromatic carbocycles. The fourth-order valence-corrected chi connectivity index (χ4v) is 4.17. The Bertz CT molecular complexity index is 587. The van der Waals surface area contributed by atoms with E-state index in [1.807, 2.05) is 6.92 Å². The van der Waals surface area contributed by atoms with E-state index in [-0.39, 0.29) is 30.2 Å². The zero-order chi connectivity index (χ0) is 16.4. The molecule has 2 N–H and O–H groups in total. The SMILES string of the molecule is C[C@@H](NC(=O)NCC(=O)c1ccc(F)cc1)[C@H]1C[C@H]2CC[C@H]1C2. The number of benzene rings is 1. The molecule has 0 spiro atoms. The van der Waals surface area contributed by atoms with Crippen LogP contribution in [0.4, 0.5) is 9.18 Å². The van der Waals surface area contributed by atoms with Gasteiger partial charge in [-0.25, -0.2) is 9.18 Å². The smallest absolute Gasteiger partial charge is 0.315 e. The summed E-state index contributed by atoms with van der Waals surface area (Å²) < 4.78 is 12.8. The average molecular weight is 318 g/mol. The summed E-state index contributed by atoms with van der Waals surface area (Å²) >= 11 is 0. The van der Waals surface area contributed by atoms with E-state index in [0.717, 1.165) is 11.8 Å². The number of amides is 2. The number of carbonyl (C=O) groups excluding carboxylic acids is 2. The van der Waals surface area contributed by atoms with Crippen molar-refractivity contribution in [3.05, 3.63) is 35.6 Å². The van der Waals surface area contributed by atoms with Crippen LogP contribution in [0.2, 0.25) is 0 Å². The zero-order valence-electron chi connectivity index (χ0n) is 13.3. The Morgan fingerprint density at radius 2 is 1.96 bits per heavy atom. The Balaban J connectivity index is 1.44. The van der Waals surface area contributed by atoms with Gasteiger partial charge in [-0.3, -0.25) is 4.79 Å². The molecule has 4 atom stereocenters. The van der Waals surface area contributed by atoms with Gasteiger partial charge in [-0.05, 0) is 68.2 Å². The molecule has 1 aromatic rings. The van der Waals surface area contributed by atoms with Crippen molar-refractivity contribution in [2.75, 3.05) is 6.54 Å². The summed E-state index contributed by atoms with van der Waals surface area (Å²) in [6, 6.07) is 5.15. The minimum atomic E-state index is -0.382. The van der Waals surface area contributed by atoms with Crippen molar-refractivity contribution in [1.29, 1.82) is 0 Å². The molecular weight excluding hydrogens is 295 g/mol. The zero-order valence-corrected chi connectivity index (χ0v) is 13.3. The van der Waals surface area contributed by atoms with E-state index in [9.17, 15) is 14.0 Å². The number of carbonyl (C=O) groups is 2. The summed E-state index contributed by atoms with van der Waals surface area (Å²) in [7, 11) is 0. The molecule has 2 aliphatic rings. The molecule has 3 rings (SSSR count). The highest BCUT2D eigenvalue weighted by Crippen LogP contribution is 2.49. The number of Topliss-reactive ketones (excluding diaryl/α,β-unsaturated/α-hetero) is 1. The Morgan fingerprint density at radius 1 is 1.22 bits per heavy atom. The van der Waals surface area contributed by atoms with Gasteiger partial charge in [0.15, 0.2) is 5.78 Å². The molecule has 2 amide bonds. The quantitative estimate of drug-likeness (QED) is 0.820. The van der Waals surface area contributed by atoms with Crippen molar-refractivity contribution in [3.63, 3.8) is 0 Å². The standard InChI is InChI=1S/C18H23FN2O2/c1-11(16-9-12-2-3-14(16)8-12)21-18(23)20-10-17(22)13-4-6-15(19)7-5-13/h4-7,11-12,14,16H,2-3,8-10H2,1H3,(H2,20,21,23)/t11-,12+,14+,16-/m1/s1. The van der Waals surface area contributed by atoms with Gasteiger partial charge in [0.2, 0.25) is 0 Å². The molecule has 2 bridgehead atoms. The van der Waals surface area contributed by atoms with Crippen molar-refractivity contribution in [3.8, 4) is 0 Å². The molecule has 2 aliphatic carbocycles. The van der Waals surface area contributed by atoms with Crippen LogP contribution in [0.25, 0.3) is 0 Å². The van der Waals surface area contributed by atoms with E-state index in [1.165, 1.54) is 49.9 Å². The summed E-state index contributed by atoms with van der Waals surface area (Å²) in [4.78, 5) is 23.9. The molecule has 4 nitrogen and oxygen atoms in total. The van der Waals surface area contributed by atoms with Crippen molar-refractivity contribution in [1.82, 2.24) is 10.6 Å². The number of urea groups is 1. The van der Waals surface area contributed by atoms with Crippen LogP contribution in [0.5, 0.6) is 0 Å². The highest BCUT2D eigenvalue weighted by Gasteiger charge is 2.42. The Labute approximate surface area is 135 Å². The molecule has 5 heteroatoms. The molecule has 0 saturated heterocycles. The fraction of sp³-hybridized carbons (Fsp3) is 0.556. The minimum Gasteiger partial charge on any atom is -0.335 e. The number of nitrogens with one attached hydrogen (secondary N) is 2. The predicted molar refractivity (Wildman–Crippen MR) is 85.7 cm³/mol. The van der Waals surface area contributed by atoms with Crippen molar-refractivity contribution < 1.29 is 14.0 Å². The van der Waals surface area contributed by atoms with Crippen LogP contribution in [0.3, 0.4) is 0 Å². The van der Waals surface area contributed by atoms with Gasteiger partial charge in [-0.15, -0.1) is 0 Å².